The molecule has 4 fully saturated rings. The fourth-order valence-corrected chi connectivity index (χ4v) is 8.63. The highest BCUT2D eigenvalue weighted by Gasteiger charge is 2.56. The van der Waals surface area contributed by atoms with Crippen molar-refractivity contribution < 1.29 is 23.8 Å². The van der Waals surface area contributed by atoms with Gasteiger partial charge in [-0.1, -0.05) is 0 Å². The van der Waals surface area contributed by atoms with Crippen LogP contribution in [-0.4, -0.2) is 104 Å². The number of rotatable bonds is 8. The summed E-state index contributed by atoms with van der Waals surface area (Å²) in [6, 6.07) is 5.53. The fourth-order valence-electron chi connectivity index (χ4n) is 8.13. The molecule has 0 spiro atoms. The number of carboxylic acid groups (broad SMARTS) is 1. The Balaban J connectivity index is 1.56. The molecular formula is C34H38BrFN8O4. The van der Waals surface area contributed by atoms with Gasteiger partial charge in [0.25, 0.3) is 5.91 Å². The maximum Gasteiger partial charge on any atom is 0.407 e. The Hall–Kier alpha value is -4.22. The molecule has 1 saturated carbocycles. The van der Waals surface area contributed by atoms with E-state index in [9.17, 15) is 20.0 Å². The first-order valence-corrected chi connectivity index (χ1v) is 17.0. The summed E-state index contributed by atoms with van der Waals surface area (Å²) >= 11 is 3.44. The molecule has 1 N–H and O–H groups in total. The van der Waals surface area contributed by atoms with E-state index >= 15 is 4.39 Å². The minimum atomic E-state index is -0.980. The van der Waals surface area contributed by atoms with Crippen molar-refractivity contribution in [1.29, 1.82) is 5.26 Å². The van der Waals surface area contributed by atoms with E-state index in [4.69, 9.17) is 9.72 Å². The molecule has 3 saturated heterocycles. The van der Waals surface area contributed by atoms with Gasteiger partial charge in [-0.3, -0.25) is 14.4 Å². The Bertz CT molecular complexity index is 2020. The second-order valence-corrected chi connectivity index (χ2v) is 14.3. The summed E-state index contributed by atoms with van der Waals surface area (Å²) in [4.78, 5) is 35.9. The summed E-state index contributed by atoms with van der Waals surface area (Å²) in [6.07, 6.45) is 3.66. The first-order chi connectivity index (χ1) is 22.9. The average Bonchev–Trinajstić information content (AvgIpc) is 3.87. The summed E-state index contributed by atoms with van der Waals surface area (Å²) in [7, 11) is 7.15. The summed E-state index contributed by atoms with van der Waals surface area (Å²) in [5.41, 5.74) is 2.99. The van der Waals surface area contributed by atoms with Crippen LogP contribution in [-0.2, 0) is 13.5 Å². The van der Waals surface area contributed by atoms with Crippen molar-refractivity contribution in [2.45, 2.75) is 63.3 Å². The van der Waals surface area contributed by atoms with E-state index in [1.165, 1.54) is 9.80 Å². The maximum atomic E-state index is 16.4. The number of carbonyl (C=O) groups is 2. The van der Waals surface area contributed by atoms with Gasteiger partial charge in [-0.15, -0.1) is 0 Å². The first kappa shape index (κ1) is 32.3. The van der Waals surface area contributed by atoms with Crippen molar-refractivity contribution in [1.82, 2.24) is 34.0 Å². The van der Waals surface area contributed by atoms with Crippen LogP contribution in [0.2, 0.25) is 0 Å². The summed E-state index contributed by atoms with van der Waals surface area (Å²) in [5.74, 6) is -0.508. The van der Waals surface area contributed by atoms with Gasteiger partial charge in [0, 0.05) is 57.0 Å². The predicted octanol–water partition coefficient (Wildman–Crippen LogP) is 5.43. The maximum absolute atomic E-state index is 16.4. The SMILES string of the molecule is CC(Oc1nc2c(F)c(Br)c(CCC#N)cc2c2c1cc(-c1cnn(C)c1C(=O)N(C)C)n2[C@H]1[C@@H]2C[C@H]1N(C(=O)O)C2)[C@@H]1CCCN1C. The second-order valence-electron chi connectivity index (χ2n) is 13.5. The summed E-state index contributed by atoms with van der Waals surface area (Å²) in [5, 5.41) is 25.1. The van der Waals surface area contributed by atoms with Crippen LogP contribution in [0, 0.1) is 23.1 Å². The van der Waals surface area contributed by atoms with E-state index in [1.807, 2.05) is 19.1 Å². The van der Waals surface area contributed by atoms with Gasteiger partial charge >= 0.3 is 6.09 Å². The number of benzene rings is 1. The lowest BCUT2D eigenvalue weighted by atomic mass is 9.79. The Morgan fingerprint density at radius 1 is 1.27 bits per heavy atom. The number of hydrogen-bond acceptors (Lipinski definition) is 7. The van der Waals surface area contributed by atoms with Crippen LogP contribution in [0.1, 0.15) is 54.7 Å². The van der Waals surface area contributed by atoms with Crippen LogP contribution < -0.4 is 4.74 Å². The smallest absolute Gasteiger partial charge is 0.407 e. The van der Waals surface area contributed by atoms with Gasteiger partial charge in [0.1, 0.15) is 17.3 Å². The van der Waals surface area contributed by atoms with Crippen molar-refractivity contribution in [3.05, 3.63) is 39.9 Å². The third-order valence-electron chi connectivity index (χ3n) is 10.5. The lowest BCUT2D eigenvalue weighted by Crippen LogP contribution is -2.42. The quantitative estimate of drug-likeness (QED) is 0.255. The van der Waals surface area contributed by atoms with Crippen molar-refractivity contribution in [2.75, 3.05) is 34.2 Å². The molecule has 4 aliphatic rings. The van der Waals surface area contributed by atoms with E-state index in [0.717, 1.165) is 19.4 Å². The highest BCUT2D eigenvalue weighted by Crippen LogP contribution is 2.54. The zero-order valence-corrected chi connectivity index (χ0v) is 29.2. The number of likely N-dealkylation sites (N-methyl/N-ethyl adjacent to an activating group) is 1. The minimum Gasteiger partial charge on any atom is -0.472 e. The van der Waals surface area contributed by atoms with Gasteiger partial charge < -0.3 is 24.2 Å². The molecule has 3 aromatic heterocycles. The molecule has 1 aromatic carbocycles. The molecule has 3 aliphatic heterocycles. The Morgan fingerprint density at radius 2 is 2.04 bits per heavy atom. The van der Waals surface area contributed by atoms with Crippen molar-refractivity contribution >= 4 is 49.7 Å². The minimum absolute atomic E-state index is 0.0159. The zero-order valence-electron chi connectivity index (χ0n) is 27.6. The molecule has 48 heavy (non-hydrogen) atoms. The van der Waals surface area contributed by atoms with Gasteiger partial charge in [-0.25, -0.2) is 14.2 Å². The number of amides is 2. The van der Waals surface area contributed by atoms with Gasteiger partial charge in [-0.2, -0.15) is 10.4 Å². The number of halogens is 2. The predicted molar refractivity (Wildman–Crippen MR) is 180 cm³/mol. The van der Waals surface area contributed by atoms with E-state index in [2.05, 4.69) is 43.6 Å². The number of pyridine rings is 1. The number of ether oxygens (including phenoxy) is 1. The molecule has 1 unspecified atom stereocenters. The van der Waals surface area contributed by atoms with Crippen LogP contribution in [0.4, 0.5) is 9.18 Å². The number of nitrogens with zero attached hydrogens (tertiary/aromatic N) is 8. The number of carbonyl (C=O) groups excluding carboxylic acids is 1. The molecule has 1 aliphatic carbocycles. The Labute approximate surface area is 285 Å². The molecule has 14 heteroatoms. The molecule has 2 amide bonds. The highest BCUT2D eigenvalue weighted by molar-refractivity contribution is 9.10. The molecule has 252 valence electrons. The van der Waals surface area contributed by atoms with Gasteiger partial charge in [-0.05, 0) is 79.8 Å². The zero-order chi connectivity index (χ0) is 34.2. The van der Waals surface area contributed by atoms with Crippen LogP contribution in [0.15, 0.2) is 22.8 Å². The number of hydrogen-bond donors (Lipinski definition) is 1. The topological polar surface area (TPSA) is 133 Å². The van der Waals surface area contributed by atoms with Crippen molar-refractivity contribution in [2.24, 2.45) is 13.0 Å². The molecular weight excluding hydrogens is 683 g/mol. The molecule has 8 rings (SSSR count). The molecule has 0 radical (unpaired) electrons. The van der Waals surface area contributed by atoms with Crippen molar-refractivity contribution in [3.63, 3.8) is 0 Å². The van der Waals surface area contributed by atoms with E-state index < -0.39 is 11.9 Å². The van der Waals surface area contributed by atoms with E-state index in [1.54, 1.807) is 32.0 Å². The average molecular weight is 722 g/mol. The summed E-state index contributed by atoms with van der Waals surface area (Å²) in [6.45, 7) is 3.34. The third-order valence-corrected chi connectivity index (χ3v) is 11.4. The number of nitriles is 1. The van der Waals surface area contributed by atoms with Crippen LogP contribution in [0.25, 0.3) is 33.1 Å². The number of aromatic nitrogens is 4. The lowest BCUT2D eigenvalue weighted by molar-refractivity contribution is 0.0817. The lowest BCUT2D eigenvalue weighted by Gasteiger charge is -2.38. The van der Waals surface area contributed by atoms with E-state index in [-0.39, 0.29) is 58.3 Å². The van der Waals surface area contributed by atoms with Gasteiger partial charge in [0.2, 0.25) is 5.88 Å². The van der Waals surface area contributed by atoms with Gasteiger partial charge in [0.15, 0.2) is 5.82 Å². The first-order valence-electron chi connectivity index (χ1n) is 16.3. The Morgan fingerprint density at radius 3 is 2.69 bits per heavy atom. The molecule has 12 nitrogen and oxygen atoms in total. The highest BCUT2D eigenvalue weighted by atomic mass is 79.9. The molecule has 6 heterocycles. The largest absolute Gasteiger partial charge is 0.472 e. The van der Waals surface area contributed by atoms with E-state index in [0.29, 0.717) is 58.2 Å². The Kier molecular flexibility index (Phi) is 8.10. The third kappa shape index (κ3) is 4.92. The summed E-state index contributed by atoms with van der Waals surface area (Å²) < 4.78 is 27.0. The normalized spacial score (nSPS) is 22.7. The molecule has 5 atom stereocenters. The number of fused-ring (bicyclic) bond motifs is 4. The second kappa shape index (κ2) is 12.0. The fraction of sp³-hybridized carbons (Fsp3) is 0.500. The van der Waals surface area contributed by atoms with Crippen LogP contribution in [0.3, 0.4) is 0 Å². The monoisotopic (exact) mass is 720 g/mol. The molecule has 4 aromatic rings. The standard InChI is InChI=1S/C34H38BrFN8O4/c1-17(23-9-7-11-41(23)4)48-32-21-14-24(22-15-38-42(5)31(22)33(45)40(2)3)44(29-19-13-25(29)43(16-19)34(46)47)30(21)20-12-18(8-6-10-37)26(35)27(36)28(20)39-32/h12,14-15,17,19,23,25,29H,6-9,11,13,16H2,1-5H3,(H,46,47)/t17?,19-,23+,25-,29+/m1/s1. The molecule has 2 bridgehead atoms. The van der Waals surface area contributed by atoms with Crippen LogP contribution in [0.5, 0.6) is 5.88 Å². The number of aryl methyl sites for hydroxylation is 2. The van der Waals surface area contributed by atoms with Crippen molar-refractivity contribution in [3.8, 4) is 23.2 Å². The van der Waals surface area contributed by atoms with Gasteiger partial charge in [0.05, 0.1) is 45.4 Å². The number of likely N-dealkylation sites (tertiary alicyclic amines) is 1. The van der Waals surface area contributed by atoms with Crippen LogP contribution >= 0.6 is 15.9 Å².